The summed E-state index contributed by atoms with van der Waals surface area (Å²) in [4.78, 5) is 11.8. The van der Waals surface area contributed by atoms with Crippen LogP contribution in [0.1, 0.15) is 33.4 Å². The lowest BCUT2D eigenvalue weighted by Crippen LogP contribution is -2.16. The molecule has 0 radical (unpaired) electrons. The molecule has 3 heterocycles. The number of nitrogens with zero attached hydrogens (tertiary/aromatic N) is 2. The Hall–Kier alpha value is -3.02. The van der Waals surface area contributed by atoms with Crippen LogP contribution < -0.4 is 0 Å². The van der Waals surface area contributed by atoms with Crippen molar-refractivity contribution in [2.45, 2.75) is 19.6 Å². The first-order valence-electron chi connectivity index (χ1n) is 9.52. The summed E-state index contributed by atoms with van der Waals surface area (Å²) in [6.07, 6.45) is -0.214. The first-order valence-corrected chi connectivity index (χ1v) is 10.3. The number of hydrogen-bond donors (Lipinski definition) is 0. The molecule has 1 aliphatic heterocycles. The van der Waals surface area contributed by atoms with Gasteiger partial charge in [0.05, 0.1) is 17.2 Å². The minimum absolute atomic E-state index is 0.214. The van der Waals surface area contributed by atoms with E-state index in [4.69, 9.17) is 19.5 Å². The number of aromatic nitrogens is 1. The molecule has 0 N–H and O–H groups in total. The molecular formula is C24H20N2O2S. The van der Waals surface area contributed by atoms with Crippen molar-refractivity contribution in [3.05, 3.63) is 94.0 Å². The Bertz CT molecular complexity index is 1200. The van der Waals surface area contributed by atoms with E-state index < -0.39 is 0 Å². The van der Waals surface area contributed by atoms with Gasteiger partial charge in [-0.05, 0) is 36.2 Å². The van der Waals surface area contributed by atoms with Crippen LogP contribution in [-0.2, 0) is 16.1 Å². The first-order chi connectivity index (χ1) is 14.2. The molecule has 4 nitrogen and oxygen atoms in total. The van der Waals surface area contributed by atoms with E-state index in [1.165, 1.54) is 0 Å². The summed E-state index contributed by atoms with van der Waals surface area (Å²) in [6.45, 7) is 2.54. The van der Waals surface area contributed by atoms with Gasteiger partial charge < -0.3 is 9.47 Å². The van der Waals surface area contributed by atoms with Crippen LogP contribution in [0.3, 0.4) is 0 Å². The molecule has 0 saturated carbocycles. The van der Waals surface area contributed by atoms with E-state index in [2.05, 4.69) is 18.2 Å². The van der Waals surface area contributed by atoms with Gasteiger partial charge in [0.25, 0.3) is 0 Å². The quantitative estimate of drug-likeness (QED) is 0.425. The van der Waals surface area contributed by atoms with Crippen molar-refractivity contribution in [1.82, 2.24) is 4.98 Å². The van der Waals surface area contributed by atoms with Crippen LogP contribution >= 0.6 is 11.3 Å². The molecule has 0 unspecified atom stereocenters. The molecule has 0 amide bonds. The Morgan fingerprint density at radius 2 is 1.76 bits per heavy atom. The van der Waals surface area contributed by atoms with Crippen LogP contribution in [0.15, 0.2) is 71.7 Å². The van der Waals surface area contributed by atoms with Crippen molar-refractivity contribution in [2.75, 3.05) is 7.11 Å². The van der Waals surface area contributed by atoms with Gasteiger partial charge in [-0.15, -0.1) is 11.3 Å². The average molecular weight is 401 g/mol. The molecule has 2 aromatic heterocycles. The third-order valence-corrected chi connectivity index (χ3v) is 6.09. The maximum absolute atomic E-state index is 6.45. The second-order valence-corrected chi connectivity index (χ2v) is 8.07. The van der Waals surface area contributed by atoms with Gasteiger partial charge in [-0.1, -0.05) is 48.5 Å². The van der Waals surface area contributed by atoms with E-state index in [1.54, 1.807) is 18.4 Å². The van der Waals surface area contributed by atoms with Gasteiger partial charge in [-0.2, -0.15) is 0 Å². The average Bonchev–Trinajstić information content (AvgIpc) is 3.12. The molecule has 1 atom stereocenters. The van der Waals surface area contributed by atoms with Crippen LogP contribution in [0.25, 0.3) is 10.2 Å². The number of pyridine rings is 1. The number of fused-ring (bicyclic) bond motifs is 3. The number of hydrogen-bond acceptors (Lipinski definition) is 5. The highest BCUT2D eigenvalue weighted by atomic mass is 32.1. The van der Waals surface area contributed by atoms with Gasteiger partial charge in [-0.3, -0.25) is 0 Å². The zero-order chi connectivity index (χ0) is 19.8. The van der Waals surface area contributed by atoms with Crippen molar-refractivity contribution in [1.29, 1.82) is 0 Å². The Morgan fingerprint density at radius 1 is 1.03 bits per heavy atom. The fraction of sp³-hybridized carbons (Fsp3) is 0.167. The van der Waals surface area contributed by atoms with Crippen molar-refractivity contribution < 1.29 is 9.47 Å². The summed E-state index contributed by atoms with van der Waals surface area (Å²) in [7, 11) is 1.72. The Labute approximate surface area is 173 Å². The number of ether oxygens (including phenoxy) is 2. The lowest BCUT2D eigenvalue weighted by Gasteiger charge is -2.24. The van der Waals surface area contributed by atoms with Gasteiger partial charge in [0.1, 0.15) is 4.83 Å². The fourth-order valence-electron chi connectivity index (χ4n) is 3.72. The highest BCUT2D eigenvalue weighted by molar-refractivity contribution is 7.19. The molecule has 144 valence electrons. The standard InChI is InChI=1S/C24H20N2O2S/c1-15-13-18(14-27-2)19-20-22(29-24(19)25-15)21(16-9-5-3-6-10-16)28-23(26-20)17-11-7-4-8-12-17/h3-13,21H,14H2,1-2H3/t21-/m1/s1. The van der Waals surface area contributed by atoms with E-state index >= 15 is 0 Å². The minimum atomic E-state index is -0.214. The number of benzene rings is 2. The molecule has 1 aliphatic rings. The summed E-state index contributed by atoms with van der Waals surface area (Å²) in [5.41, 5.74) is 5.11. The molecule has 2 aromatic carbocycles. The van der Waals surface area contributed by atoms with E-state index in [0.29, 0.717) is 12.5 Å². The molecular weight excluding hydrogens is 380 g/mol. The summed E-state index contributed by atoms with van der Waals surface area (Å²) >= 11 is 1.66. The summed E-state index contributed by atoms with van der Waals surface area (Å²) in [6, 6.07) is 22.4. The predicted molar refractivity (Wildman–Crippen MR) is 117 cm³/mol. The summed E-state index contributed by atoms with van der Waals surface area (Å²) in [5, 5.41) is 1.06. The molecule has 0 aliphatic carbocycles. The third-order valence-electron chi connectivity index (χ3n) is 4.98. The van der Waals surface area contributed by atoms with Crippen molar-refractivity contribution >= 4 is 33.1 Å². The fourth-order valence-corrected chi connectivity index (χ4v) is 4.99. The van der Waals surface area contributed by atoms with Gasteiger partial charge in [0.15, 0.2) is 6.10 Å². The summed E-state index contributed by atoms with van der Waals surface area (Å²) < 4.78 is 11.9. The maximum atomic E-state index is 6.45. The maximum Gasteiger partial charge on any atom is 0.222 e. The number of aliphatic imine (C=N–C) groups is 1. The lowest BCUT2D eigenvalue weighted by atomic mass is 10.0. The first kappa shape index (κ1) is 18.0. The topological polar surface area (TPSA) is 43.7 Å². The predicted octanol–water partition coefficient (Wildman–Crippen LogP) is 5.95. The number of thiophene rings is 1. The highest BCUT2D eigenvalue weighted by Crippen LogP contribution is 2.48. The van der Waals surface area contributed by atoms with Gasteiger partial charge in [-0.25, -0.2) is 9.98 Å². The van der Waals surface area contributed by atoms with Crippen molar-refractivity contribution in [3.8, 4) is 0 Å². The van der Waals surface area contributed by atoms with E-state index in [0.717, 1.165) is 43.2 Å². The largest absolute Gasteiger partial charge is 0.463 e. The van der Waals surface area contributed by atoms with Crippen molar-refractivity contribution in [2.24, 2.45) is 4.99 Å². The molecule has 5 heteroatoms. The molecule has 0 fully saturated rings. The van der Waals surface area contributed by atoms with Crippen LogP contribution in [-0.4, -0.2) is 18.0 Å². The van der Waals surface area contributed by atoms with Gasteiger partial charge in [0.2, 0.25) is 5.90 Å². The Kier molecular flexibility index (Phi) is 4.62. The second kappa shape index (κ2) is 7.43. The van der Waals surface area contributed by atoms with Crippen molar-refractivity contribution in [3.63, 3.8) is 0 Å². The number of aryl methyl sites for hydroxylation is 1. The van der Waals surface area contributed by atoms with Crippen LogP contribution in [0.5, 0.6) is 0 Å². The van der Waals surface area contributed by atoms with Crippen LogP contribution in [0.2, 0.25) is 0 Å². The SMILES string of the molecule is COCc1cc(C)nc2sc3c(c12)N=C(c1ccccc1)O[C@@H]3c1ccccc1. The molecule has 0 saturated heterocycles. The zero-order valence-electron chi connectivity index (χ0n) is 16.3. The van der Waals surface area contributed by atoms with Crippen LogP contribution in [0, 0.1) is 6.92 Å². The smallest absolute Gasteiger partial charge is 0.222 e. The minimum Gasteiger partial charge on any atom is -0.463 e. The molecule has 0 spiro atoms. The zero-order valence-corrected chi connectivity index (χ0v) is 17.1. The second-order valence-electron chi connectivity index (χ2n) is 7.04. The Balaban J connectivity index is 1.78. The van der Waals surface area contributed by atoms with Gasteiger partial charge >= 0.3 is 0 Å². The molecule has 4 aromatic rings. The Morgan fingerprint density at radius 3 is 2.48 bits per heavy atom. The van der Waals surface area contributed by atoms with Crippen LogP contribution in [0.4, 0.5) is 5.69 Å². The third kappa shape index (κ3) is 3.22. The van der Waals surface area contributed by atoms with E-state index in [-0.39, 0.29) is 6.10 Å². The normalized spacial score (nSPS) is 15.7. The van der Waals surface area contributed by atoms with Gasteiger partial charge in [0, 0.05) is 23.8 Å². The molecule has 5 rings (SSSR count). The van der Waals surface area contributed by atoms with E-state index in [9.17, 15) is 0 Å². The molecule has 0 bridgehead atoms. The monoisotopic (exact) mass is 400 g/mol. The number of methoxy groups -OCH3 is 1. The molecule has 29 heavy (non-hydrogen) atoms. The lowest BCUT2D eigenvalue weighted by molar-refractivity contribution is 0.186. The summed E-state index contributed by atoms with van der Waals surface area (Å²) in [5.74, 6) is 0.635. The highest BCUT2D eigenvalue weighted by Gasteiger charge is 2.31. The van der Waals surface area contributed by atoms with E-state index in [1.807, 2.05) is 55.5 Å². The number of rotatable bonds is 4.